The van der Waals surface area contributed by atoms with E-state index in [0.29, 0.717) is 0 Å². The summed E-state index contributed by atoms with van der Waals surface area (Å²) in [5.74, 6) is -1.42. The summed E-state index contributed by atoms with van der Waals surface area (Å²) in [5, 5.41) is 7.61. The van der Waals surface area contributed by atoms with Crippen LogP contribution in [-0.2, 0) is 30.6 Å². The van der Waals surface area contributed by atoms with Gasteiger partial charge in [0.15, 0.2) is 9.84 Å². The van der Waals surface area contributed by atoms with E-state index in [1.807, 2.05) is 42.5 Å². The van der Waals surface area contributed by atoms with Gasteiger partial charge in [-0.05, 0) is 28.5 Å². The summed E-state index contributed by atoms with van der Waals surface area (Å²) < 4.78 is 25.1. The number of anilines is 1. The molecule has 194 valence electrons. The minimum Gasteiger partial charge on any atom is -0.353 e. The van der Waals surface area contributed by atoms with Gasteiger partial charge in [0.2, 0.25) is 17.7 Å². The van der Waals surface area contributed by atoms with E-state index in [2.05, 4.69) is 10.6 Å². The van der Waals surface area contributed by atoms with Crippen LogP contribution in [-0.4, -0.2) is 57.6 Å². The quantitative estimate of drug-likeness (QED) is 0.390. The van der Waals surface area contributed by atoms with Gasteiger partial charge in [-0.25, -0.2) is 8.42 Å². The Hall–Kier alpha value is -3.76. The minimum absolute atomic E-state index is 0.00961. The first-order valence-corrected chi connectivity index (χ1v) is 13.8. The van der Waals surface area contributed by atoms with Gasteiger partial charge >= 0.3 is 0 Å². The van der Waals surface area contributed by atoms with Gasteiger partial charge in [0, 0.05) is 38.9 Å². The third-order valence-corrected chi connectivity index (χ3v) is 8.05. The number of fused-ring (bicyclic) bond motifs is 2. The van der Waals surface area contributed by atoms with E-state index in [4.69, 9.17) is 5.73 Å². The van der Waals surface area contributed by atoms with Gasteiger partial charge in [-0.1, -0.05) is 54.6 Å². The third kappa shape index (κ3) is 6.33. The summed E-state index contributed by atoms with van der Waals surface area (Å²) in [6.07, 6.45) is 0.0138. The highest BCUT2D eigenvalue weighted by Crippen LogP contribution is 2.30. The maximum absolute atomic E-state index is 12.9. The summed E-state index contributed by atoms with van der Waals surface area (Å²) in [6, 6.07) is 19.2. The maximum Gasteiger partial charge on any atom is 0.242 e. The van der Waals surface area contributed by atoms with Crippen molar-refractivity contribution in [1.29, 1.82) is 0 Å². The van der Waals surface area contributed by atoms with Crippen molar-refractivity contribution in [3.63, 3.8) is 0 Å². The molecule has 37 heavy (non-hydrogen) atoms. The van der Waals surface area contributed by atoms with E-state index in [-0.39, 0.29) is 67.0 Å². The van der Waals surface area contributed by atoms with Crippen LogP contribution in [0, 0.1) is 0 Å². The van der Waals surface area contributed by atoms with E-state index in [1.54, 1.807) is 18.2 Å². The number of benzene rings is 3. The highest BCUT2D eigenvalue weighted by Gasteiger charge is 2.31. The molecule has 4 rings (SSSR count). The van der Waals surface area contributed by atoms with Gasteiger partial charge < -0.3 is 21.3 Å². The van der Waals surface area contributed by atoms with Crippen LogP contribution in [0.2, 0.25) is 0 Å². The van der Waals surface area contributed by atoms with Crippen LogP contribution in [0.15, 0.2) is 71.6 Å². The second-order valence-corrected chi connectivity index (χ2v) is 11.0. The number of hydrogen-bond acceptors (Lipinski definition) is 6. The Balaban J connectivity index is 1.48. The molecule has 0 aliphatic carbocycles. The Morgan fingerprint density at radius 3 is 2.51 bits per heavy atom. The second-order valence-electron chi connectivity index (χ2n) is 8.92. The molecule has 0 bridgehead atoms. The number of carbonyl (C=O) groups is 3. The standard InChI is InChI=1S/C27H30N4O5S/c28-13-14-29-27(34)22(18-19-9-10-20-5-1-2-6-21(20)17-19)30-25(32)11-15-31-23-7-3-4-8-24(23)37(35,36)16-12-26(31)33/h1-10,17,22H,11-16,18,28H2,(H,29,34)(H,30,32)/t22-/m1/s1. The SMILES string of the molecule is NCCNC(=O)[C@@H](Cc1ccc2ccccc2c1)NC(=O)CCN1C(=O)CCS(=O)(=O)c2ccccc21. The Morgan fingerprint density at radius 1 is 1.00 bits per heavy atom. The van der Waals surface area contributed by atoms with E-state index in [9.17, 15) is 22.8 Å². The fourth-order valence-electron chi connectivity index (χ4n) is 4.40. The number of carbonyl (C=O) groups excluding carboxylic acids is 3. The topological polar surface area (TPSA) is 139 Å². The summed E-state index contributed by atoms with van der Waals surface area (Å²) in [6.45, 7) is 0.530. The number of para-hydroxylation sites is 1. The molecule has 10 heteroatoms. The molecule has 0 spiro atoms. The first kappa shape index (κ1) is 26.3. The number of sulfone groups is 1. The molecule has 0 fully saturated rings. The van der Waals surface area contributed by atoms with Crippen LogP contribution in [0.3, 0.4) is 0 Å². The first-order chi connectivity index (χ1) is 17.8. The van der Waals surface area contributed by atoms with Crippen LogP contribution >= 0.6 is 0 Å². The Kier molecular flexibility index (Phi) is 8.20. The first-order valence-electron chi connectivity index (χ1n) is 12.2. The zero-order valence-corrected chi connectivity index (χ0v) is 21.2. The largest absolute Gasteiger partial charge is 0.353 e. The molecule has 1 aliphatic rings. The maximum atomic E-state index is 12.9. The minimum atomic E-state index is -3.60. The molecule has 1 aliphatic heterocycles. The number of nitrogens with one attached hydrogen (secondary N) is 2. The van der Waals surface area contributed by atoms with Gasteiger partial charge in [-0.3, -0.25) is 14.4 Å². The van der Waals surface area contributed by atoms with Gasteiger partial charge in [-0.2, -0.15) is 0 Å². The number of amides is 3. The fraction of sp³-hybridized carbons (Fsp3) is 0.296. The third-order valence-electron chi connectivity index (χ3n) is 6.29. The molecule has 9 nitrogen and oxygen atoms in total. The molecule has 1 atom stereocenters. The van der Waals surface area contributed by atoms with Crippen molar-refractivity contribution in [1.82, 2.24) is 10.6 Å². The molecular weight excluding hydrogens is 492 g/mol. The number of rotatable bonds is 9. The van der Waals surface area contributed by atoms with Crippen molar-refractivity contribution in [3.8, 4) is 0 Å². The van der Waals surface area contributed by atoms with Gasteiger partial charge in [-0.15, -0.1) is 0 Å². The lowest BCUT2D eigenvalue weighted by molar-refractivity contribution is -0.129. The zero-order chi connectivity index (χ0) is 26.4. The highest BCUT2D eigenvalue weighted by atomic mass is 32.2. The van der Waals surface area contributed by atoms with Crippen LogP contribution in [0.25, 0.3) is 10.8 Å². The van der Waals surface area contributed by atoms with Crippen LogP contribution in [0.1, 0.15) is 18.4 Å². The van der Waals surface area contributed by atoms with Gasteiger partial charge in [0.1, 0.15) is 6.04 Å². The van der Waals surface area contributed by atoms with Crippen molar-refractivity contribution in [2.75, 3.05) is 30.3 Å². The molecule has 0 aromatic heterocycles. The molecule has 0 radical (unpaired) electrons. The smallest absolute Gasteiger partial charge is 0.242 e. The van der Waals surface area contributed by atoms with Crippen molar-refractivity contribution >= 4 is 44.0 Å². The van der Waals surface area contributed by atoms with E-state index >= 15 is 0 Å². The predicted molar refractivity (Wildman–Crippen MR) is 142 cm³/mol. The summed E-state index contributed by atoms with van der Waals surface area (Å²) in [4.78, 5) is 39.9. The normalized spacial score (nSPS) is 15.5. The number of nitrogens with two attached hydrogens (primary N) is 1. The fourth-order valence-corrected chi connectivity index (χ4v) is 5.84. The van der Waals surface area contributed by atoms with Crippen LogP contribution < -0.4 is 21.3 Å². The molecule has 0 saturated heterocycles. The molecule has 3 amide bonds. The average molecular weight is 523 g/mol. The predicted octanol–water partition coefficient (Wildman–Crippen LogP) is 1.54. The molecule has 3 aromatic rings. The Labute approximate surface area is 215 Å². The molecule has 1 heterocycles. The average Bonchev–Trinajstić information content (AvgIpc) is 2.99. The second kappa shape index (κ2) is 11.5. The molecule has 4 N–H and O–H groups in total. The lowest BCUT2D eigenvalue weighted by atomic mass is 10.0. The molecule has 3 aromatic carbocycles. The summed E-state index contributed by atoms with van der Waals surface area (Å²) >= 11 is 0. The zero-order valence-electron chi connectivity index (χ0n) is 20.4. The van der Waals surface area contributed by atoms with Crippen LogP contribution in [0.5, 0.6) is 0 Å². The van der Waals surface area contributed by atoms with E-state index in [0.717, 1.165) is 16.3 Å². The summed E-state index contributed by atoms with van der Waals surface area (Å²) in [7, 11) is -3.60. The number of hydrogen-bond donors (Lipinski definition) is 3. The highest BCUT2D eigenvalue weighted by molar-refractivity contribution is 7.91. The summed E-state index contributed by atoms with van der Waals surface area (Å²) in [5.41, 5.74) is 6.68. The lowest BCUT2D eigenvalue weighted by Crippen LogP contribution is -2.49. The van der Waals surface area contributed by atoms with E-state index < -0.39 is 21.8 Å². The van der Waals surface area contributed by atoms with Crippen molar-refractivity contribution in [2.24, 2.45) is 5.73 Å². The lowest BCUT2D eigenvalue weighted by Gasteiger charge is -2.23. The van der Waals surface area contributed by atoms with Crippen LogP contribution in [0.4, 0.5) is 5.69 Å². The Morgan fingerprint density at radius 2 is 1.73 bits per heavy atom. The number of nitrogens with zero attached hydrogens (tertiary/aromatic N) is 1. The molecule has 0 saturated carbocycles. The van der Waals surface area contributed by atoms with Gasteiger partial charge in [0.05, 0.1) is 16.3 Å². The monoisotopic (exact) mass is 522 g/mol. The van der Waals surface area contributed by atoms with E-state index in [1.165, 1.54) is 11.0 Å². The van der Waals surface area contributed by atoms with Crippen molar-refractivity contribution < 1.29 is 22.8 Å². The van der Waals surface area contributed by atoms with Crippen molar-refractivity contribution in [2.45, 2.75) is 30.2 Å². The van der Waals surface area contributed by atoms with Crippen molar-refractivity contribution in [3.05, 3.63) is 72.3 Å². The molecule has 0 unspecified atom stereocenters. The van der Waals surface area contributed by atoms with Gasteiger partial charge in [0.25, 0.3) is 0 Å². The Bertz CT molecular complexity index is 1420. The molecular formula is C27H30N4O5S.